The summed E-state index contributed by atoms with van der Waals surface area (Å²) in [6, 6.07) is 13.2. The van der Waals surface area contributed by atoms with Crippen LogP contribution in [0.5, 0.6) is 0 Å². The van der Waals surface area contributed by atoms with E-state index in [1.54, 1.807) is 7.05 Å². The minimum atomic E-state index is -0.577. The molecular formula is C21H19ClFN3O3. The molecule has 0 spiro atoms. The fraction of sp³-hybridized carbons (Fsp3) is 0.190. The molecule has 29 heavy (non-hydrogen) atoms. The Hall–Kier alpha value is -3.19. The lowest BCUT2D eigenvalue weighted by Crippen LogP contribution is -2.26. The SMILES string of the molecule is Cn1ncc(Cl)c1-c1cc(F)cc(C(=O)NCCC(=O)OCc2ccccc2)c1. The number of aryl methyl sites for hydroxylation is 1. The second kappa shape index (κ2) is 9.34. The van der Waals surface area contributed by atoms with E-state index in [9.17, 15) is 14.0 Å². The number of nitrogens with one attached hydrogen (secondary N) is 1. The first kappa shape index (κ1) is 20.5. The zero-order valence-corrected chi connectivity index (χ0v) is 16.4. The third-order valence-corrected chi connectivity index (χ3v) is 4.46. The number of ether oxygens (including phenoxy) is 1. The summed E-state index contributed by atoms with van der Waals surface area (Å²) in [5.41, 5.74) is 1.94. The van der Waals surface area contributed by atoms with Crippen molar-refractivity contribution < 1.29 is 18.7 Å². The molecule has 6 nitrogen and oxygen atoms in total. The van der Waals surface area contributed by atoms with Crippen LogP contribution >= 0.6 is 11.6 Å². The summed E-state index contributed by atoms with van der Waals surface area (Å²) >= 11 is 6.10. The molecule has 0 atom stereocenters. The zero-order valence-electron chi connectivity index (χ0n) is 15.7. The summed E-state index contributed by atoms with van der Waals surface area (Å²) in [7, 11) is 1.67. The number of rotatable bonds is 7. The van der Waals surface area contributed by atoms with Crippen LogP contribution in [-0.2, 0) is 23.2 Å². The van der Waals surface area contributed by atoms with E-state index in [0.29, 0.717) is 16.3 Å². The van der Waals surface area contributed by atoms with E-state index in [0.717, 1.165) is 11.6 Å². The van der Waals surface area contributed by atoms with E-state index in [-0.39, 0.29) is 25.1 Å². The molecule has 3 aromatic rings. The number of aromatic nitrogens is 2. The van der Waals surface area contributed by atoms with Crippen LogP contribution in [0.2, 0.25) is 5.02 Å². The molecule has 0 unspecified atom stereocenters. The largest absolute Gasteiger partial charge is 0.461 e. The first-order valence-electron chi connectivity index (χ1n) is 8.90. The Balaban J connectivity index is 1.56. The number of hydrogen-bond acceptors (Lipinski definition) is 4. The van der Waals surface area contributed by atoms with Gasteiger partial charge < -0.3 is 10.1 Å². The Labute approximate surface area is 172 Å². The van der Waals surface area contributed by atoms with E-state index < -0.39 is 17.7 Å². The number of esters is 1. The van der Waals surface area contributed by atoms with Gasteiger partial charge in [0, 0.05) is 24.7 Å². The van der Waals surface area contributed by atoms with Gasteiger partial charge in [-0.3, -0.25) is 14.3 Å². The van der Waals surface area contributed by atoms with Gasteiger partial charge in [0.2, 0.25) is 0 Å². The predicted octanol–water partition coefficient (Wildman–Crippen LogP) is 3.74. The Morgan fingerprint density at radius 1 is 1.21 bits per heavy atom. The molecule has 1 amide bonds. The predicted molar refractivity (Wildman–Crippen MR) is 107 cm³/mol. The van der Waals surface area contributed by atoms with Gasteiger partial charge in [-0.1, -0.05) is 41.9 Å². The number of carbonyl (C=O) groups excluding carboxylic acids is 2. The average Bonchev–Trinajstić information content (AvgIpc) is 3.04. The quantitative estimate of drug-likeness (QED) is 0.596. The van der Waals surface area contributed by atoms with Crippen molar-refractivity contribution in [2.75, 3.05) is 6.54 Å². The molecule has 0 fully saturated rings. The minimum Gasteiger partial charge on any atom is -0.461 e. The van der Waals surface area contributed by atoms with Crippen LogP contribution in [0, 0.1) is 5.82 Å². The summed E-state index contributed by atoms with van der Waals surface area (Å²) in [5.74, 6) is -1.51. The molecule has 8 heteroatoms. The molecular weight excluding hydrogens is 397 g/mol. The topological polar surface area (TPSA) is 73.2 Å². The van der Waals surface area contributed by atoms with Gasteiger partial charge >= 0.3 is 5.97 Å². The molecule has 0 saturated carbocycles. The molecule has 0 bridgehead atoms. The molecule has 0 aliphatic carbocycles. The standard InChI is InChI=1S/C21H19ClFN3O3/c1-26-20(18(22)12-25-26)15-9-16(11-17(23)10-15)21(28)24-8-7-19(27)29-13-14-5-3-2-4-6-14/h2-6,9-12H,7-8,13H2,1H3,(H,24,28). The molecule has 1 heterocycles. The van der Waals surface area contributed by atoms with Gasteiger partial charge in [-0.05, 0) is 23.8 Å². The molecule has 1 aromatic heterocycles. The van der Waals surface area contributed by atoms with Crippen LogP contribution in [0.1, 0.15) is 22.3 Å². The number of nitrogens with zero attached hydrogens (tertiary/aromatic N) is 2. The van der Waals surface area contributed by atoms with Crippen LogP contribution < -0.4 is 5.32 Å². The monoisotopic (exact) mass is 415 g/mol. The summed E-state index contributed by atoms with van der Waals surface area (Å²) in [6.45, 7) is 0.247. The Bertz CT molecular complexity index is 1000. The van der Waals surface area contributed by atoms with Crippen LogP contribution in [0.15, 0.2) is 54.7 Å². The van der Waals surface area contributed by atoms with E-state index in [1.807, 2.05) is 30.3 Å². The highest BCUT2D eigenvalue weighted by Gasteiger charge is 2.15. The van der Waals surface area contributed by atoms with Crippen molar-refractivity contribution in [3.63, 3.8) is 0 Å². The fourth-order valence-corrected chi connectivity index (χ4v) is 3.06. The van der Waals surface area contributed by atoms with Crippen molar-refractivity contribution in [1.82, 2.24) is 15.1 Å². The maximum Gasteiger partial charge on any atom is 0.307 e. The van der Waals surface area contributed by atoms with E-state index in [4.69, 9.17) is 16.3 Å². The third kappa shape index (κ3) is 5.42. The molecule has 150 valence electrons. The summed E-state index contributed by atoms with van der Waals surface area (Å²) in [4.78, 5) is 24.2. The van der Waals surface area contributed by atoms with E-state index >= 15 is 0 Å². The summed E-state index contributed by atoms with van der Waals surface area (Å²) < 4.78 is 20.7. The molecule has 2 aromatic carbocycles. The van der Waals surface area contributed by atoms with Gasteiger partial charge in [0.05, 0.1) is 23.3 Å². The highest BCUT2D eigenvalue weighted by Crippen LogP contribution is 2.28. The van der Waals surface area contributed by atoms with Gasteiger partial charge in [-0.25, -0.2) is 4.39 Å². The number of halogens is 2. The van der Waals surface area contributed by atoms with Crippen molar-refractivity contribution in [3.05, 3.63) is 76.7 Å². The van der Waals surface area contributed by atoms with Crippen LogP contribution in [-0.4, -0.2) is 28.2 Å². The minimum absolute atomic E-state index is 0.00824. The molecule has 1 N–H and O–H groups in total. The third-order valence-electron chi connectivity index (χ3n) is 4.18. The maximum absolute atomic E-state index is 14.0. The lowest BCUT2D eigenvalue weighted by molar-refractivity contribution is -0.144. The lowest BCUT2D eigenvalue weighted by Gasteiger charge is -2.09. The Morgan fingerprint density at radius 2 is 1.97 bits per heavy atom. The Kier molecular flexibility index (Phi) is 6.61. The number of hydrogen-bond donors (Lipinski definition) is 1. The average molecular weight is 416 g/mol. The second-order valence-corrected chi connectivity index (χ2v) is 6.75. The first-order chi connectivity index (χ1) is 13.9. The maximum atomic E-state index is 14.0. The highest BCUT2D eigenvalue weighted by molar-refractivity contribution is 6.33. The van der Waals surface area contributed by atoms with Crippen molar-refractivity contribution >= 4 is 23.5 Å². The molecule has 0 saturated heterocycles. The lowest BCUT2D eigenvalue weighted by atomic mass is 10.1. The number of benzene rings is 2. The first-order valence-corrected chi connectivity index (χ1v) is 9.28. The molecule has 0 radical (unpaired) electrons. The van der Waals surface area contributed by atoms with Gasteiger partial charge in [0.25, 0.3) is 5.91 Å². The van der Waals surface area contributed by atoms with Crippen molar-refractivity contribution in [2.45, 2.75) is 13.0 Å². The van der Waals surface area contributed by atoms with Gasteiger partial charge in [-0.2, -0.15) is 5.10 Å². The van der Waals surface area contributed by atoms with E-state index in [1.165, 1.54) is 23.0 Å². The summed E-state index contributed by atoms with van der Waals surface area (Å²) in [6.07, 6.45) is 1.46. The molecule has 0 aliphatic heterocycles. The van der Waals surface area contributed by atoms with Gasteiger partial charge in [0.15, 0.2) is 0 Å². The van der Waals surface area contributed by atoms with Crippen LogP contribution in [0.25, 0.3) is 11.3 Å². The zero-order chi connectivity index (χ0) is 20.8. The number of amides is 1. The molecule has 0 aliphatic rings. The van der Waals surface area contributed by atoms with Gasteiger partial charge in [0.1, 0.15) is 12.4 Å². The fourth-order valence-electron chi connectivity index (χ4n) is 2.78. The number of carbonyl (C=O) groups is 2. The highest BCUT2D eigenvalue weighted by atomic mass is 35.5. The van der Waals surface area contributed by atoms with Gasteiger partial charge in [-0.15, -0.1) is 0 Å². The van der Waals surface area contributed by atoms with Crippen molar-refractivity contribution in [3.8, 4) is 11.3 Å². The van der Waals surface area contributed by atoms with Crippen LogP contribution in [0.3, 0.4) is 0 Å². The van der Waals surface area contributed by atoms with Crippen LogP contribution in [0.4, 0.5) is 4.39 Å². The van der Waals surface area contributed by atoms with Crippen molar-refractivity contribution in [2.24, 2.45) is 7.05 Å². The molecule has 3 rings (SSSR count). The Morgan fingerprint density at radius 3 is 2.66 bits per heavy atom. The summed E-state index contributed by atoms with van der Waals surface area (Å²) in [5, 5.41) is 6.96. The second-order valence-electron chi connectivity index (χ2n) is 6.35. The normalized spacial score (nSPS) is 10.6. The van der Waals surface area contributed by atoms with E-state index in [2.05, 4.69) is 10.4 Å². The van der Waals surface area contributed by atoms with Crippen molar-refractivity contribution in [1.29, 1.82) is 0 Å². The smallest absolute Gasteiger partial charge is 0.307 e.